The van der Waals surface area contributed by atoms with E-state index in [2.05, 4.69) is 11.3 Å². The highest BCUT2D eigenvalue weighted by Crippen LogP contribution is 2.34. The summed E-state index contributed by atoms with van der Waals surface area (Å²) in [5.41, 5.74) is -1.66. The molecule has 6 heteroatoms. The predicted octanol–water partition coefficient (Wildman–Crippen LogP) is 4.20. The van der Waals surface area contributed by atoms with E-state index in [1.54, 1.807) is 0 Å². The zero-order chi connectivity index (χ0) is 12.9. The first kappa shape index (κ1) is 14.7. The summed E-state index contributed by atoms with van der Waals surface area (Å²) in [6.45, 7) is 4.15. The molecular formula is C10H11F5O. The zero-order valence-corrected chi connectivity index (χ0v) is 8.79. The molecule has 0 aliphatic heterocycles. The van der Waals surface area contributed by atoms with Gasteiger partial charge in [-0.3, -0.25) is 0 Å². The van der Waals surface area contributed by atoms with E-state index in [-0.39, 0.29) is 12.5 Å². The van der Waals surface area contributed by atoms with Gasteiger partial charge in [0.05, 0.1) is 12.7 Å². The first-order valence-electron chi connectivity index (χ1n) is 4.31. The van der Waals surface area contributed by atoms with Crippen molar-refractivity contribution in [2.45, 2.75) is 19.5 Å². The van der Waals surface area contributed by atoms with Crippen molar-refractivity contribution in [3.05, 3.63) is 35.6 Å². The lowest BCUT2D eigenvalue weighted by atomic mass is 10.2. The van der Waals surface area contributed by atoms with E-state index in [9.17, 15) is 22.0 Å². The third-order valence-corrected chi connectivity index (χ3v) is 1.71. The quantitative estimate of drug-likeness (QED) is 0.408. The molecule has 0 rings (SSSR count). The maximum absolute atomic E-state index is 13.3. The minimum atomic E-state index is -4.94. The average Bonchev–Trinajstić information content (AvgIpc) is 2.17. The van der Waals surface area contributed by atoms with Crippen LogP contribution in [0.15, 0.2) is 35.6 Å². The van der Waals surface area contributed by atoms with E-state index >= 15 is 0 Å². The molecule has 92 valence electrons. The summed E-state index contributed by atoms with van der Waals surface area (Å²) in [7, 11) is 0.890. The van der Waals surface area contributed by atoms with E-state index in [0.29, 0.717) is 0 Å². The van der Waals surface area contributed by atoms with E-state index in [4.69, 9.17) is 0 Å². The van der Waals surface area contributed by atoms with E-state index in [1.807, 2.05) is 0 Å². The Morgan fingerprint density at radius 2 is 1.81 bits per heavy atom. The van der Waals surface area contributed by atoms with Gasteiger partial charge in [0.15, 0.2) is 11.6 Å². The molecule has 0 aromatic rings. The van der Waals surface area contributed by atoms with Crippen molar-refractivity contribution >= 4 is 0 Å². The Balaban J connectivity index is 5.67. The molecule has 0 atom stereocenters. The normalized spacial score (nSPS) is 15.2. The lowest BCUT2D eigenvalue weighted by molar-refractivity contribution is -0.0901. The third-order valence-electron chi connectivity index (χ3n) is 1.71. The van der Waals surface area contributed by atoms with Gasteiger partial charge in [-0.25, -0.2) is 8.78 Å². The van der Waals surface area contributed by atoms with E-state index < -0.39 is 29.2 Å². The predicted molar refractivity (Wildman–Crippen MR) is 49.8 cm³/mol. The minimum Gasteiger partial charge on any atom is -0.491 e. The molecule has 0 aliphatic carbocycles. The molecule has 0 saturated carbocycles. The van der Waals surface area contributed by atoms with Gasteiger partial charge in [-0.15, -0.1) is 0 Å². The number of halogens is 5. The molecule has 0 unspecified atom stereocenters. The van der Waals surface area contributed by atoms with Gasteiger partial charge < -0.3 is 4.74 Å². The van der Waals surface area contributed by atoms with Crippen LogP contribution in [0.25, 0.3) is 0 Å². The van der Waals surface area contributed by atoms with Gasteiger partial charge >= 0.3 is 6.18 Å². The Morgan fingerprint density at radius 1 is 1.31 bits per heavy atom. The number of ether oxygens (including phenoxy) is 1. The second-order valence-corrected chi connectivity index (χ2v) is 2.72. The fourth-order valence-electron chi connectivity index (χ4n) is 0.932. The highest BCUT2D eigenvalue weighted by Gasteiger charge is 2.36. The van der Waals surface area contributed by atoms with Crippen LogP contribution in [-0.4, -0.2) is 13.3 Å². The van der Waals surface area contributed by atoms with E-state index in [1.165, 1.54) is 6.92 Å². The fourth-order valence-corrected chi connectivity index (χ4v) is 0.932. The van der Waals surface area contributed by atoms with Crippen molar-refractivity contribution in [1.82, 2.24) is 0 Å². The van der Waals surface area contributed by atoms with Gasteiger partial charge in [0.1, 0.15) is 5.83 Å². The number of methoxy groups -OCH3 is 1. The minimum absolute atomic E-state index is 0.265. The second kappa shape index (κ2) is 5.67. The van der Waals surface area contributed by atoms with Crippen LogP contribution in [0, 0.1) is 0 Å². The molecule has 0 aromatic carbocycles. The lowest BCUT2D eigenvalue weighted by Gasteiger charge is -2.11. The number of alkyl halides is 3. The van der Waals surface area contributed by atoms with Gasteiger partial charge in [0.25, 0.3) is 0 Å². The maximum Gasteiger partial charge on any atom is 0.419 e. The molecule has 0 radical (unpaired) electrons. The van der Waals surface area contributed by atoms with Crippen LogP contribution in [0.3, 0.4) is 0 Å². The van der Waals surface area contributed by atoms with Crippen LogP contribution >= 0.6 is 0 Å². The summed E-state index contributed by atoms with van der Waals surface area (Å²) in [4.78, 5) is 0. The number of hydrogen-bond donors (Lipinski definition) is 0. The average molecular weight is 242 g/mol. The molecule has 0 aromatic heterocycles. The molecule has 0 amide bonds. The first-order valence-corrected chi connectivity index (χ1v) is 4.31. The van der Waals surface area contributed by atoms with Crippen molar-refractivity contribution < 1.29 is 26.7 Å². The van der Waals surface area contributed by atoms with Gasteiger partial charge in [-0.05, 0) is 0 Å². The molecular weight excluding hydrogens is 231 g/mol. The van der Waals surface area contributed by atoms with Gasteiger partial charge in [-0.1, -0.05) is 19.6 Å². The van der Waals surface area contributed by atoms with E-state index in [0.717, 1.165) is 7.11 Å². The molecule has 0 heterocycles. The third kappa shape index (κ3) is 3.36. The molecule has 0 spiro atoms. The zero-order valence-electron chi connectivity index (χ0n) is 8.79. The Morgan fingerprint density at radius 3 is 2.06 bits per heavy atom. The summed E-state index contributed by atoms with van der Waals surface area (Å²) in [6, 6.07) is 0. The largest absolute Gasteiger partial charge is 0.491 e. The van der Waals surface area contributed by atoms with Crippen LogP contribution in [0.2, 0.25) is 0 Å². The van der Waals surface area contributed by atoms with Crippen molar-refractivity contribution in [2.75, 3.05) is 7.11 Å². The number of allylic oxidation sites excluding steroid dienone is 4. The molecule has 0 N–H and O–H groups in total. The van der Waals surface area contributed by atoms with Crippen LogP contribution in [0.4, 0.5) is 22.0 Å². The molecule has 0 saturated heterocycles. The topological polar surface area (TPSA) is 9.23 Å². The molecule has 0 aliphatic rings. The lowest BCUT2D eigenvalue weighted by Crippen LogP contribution is -2.13. The van der Waals surface area contributed by atoms with Crippen LogP contribution < -0.4 is 0 Å². The molecule has 0 bridgehead atoms. The number of hydrogen-bond acceptors (Lipinski definition) is 1. The fraction of sp³-hybridized carbons (Fsp3) is 0.400. The number of rotatable bonds is 4. The maximum atomic E-state index is 13.3. The highest BCUT2D eigenvalue weighted by molar-refractivity contribution is 5.36. The summed E-state index contributed by atoms with van der Waals surface area (Å²) in [5.74, 6) is -3.94. The SMILES string of the molecule is C=C/C(=C(F)\C(OC)=C(\F)CC)C(F)(F)F. The summed E-state index contributed by atoms with van der Waals surface area (Å²) in [5, 5.41) is 0. The Kier molecular flexibility index (Phi) is 5.20. The van der Waals surface area contributed by atoms with Crippen LogP contribution in [0.5, 0.6) is 0 Å². The highest BCUT2D eigenvalue weighted by atomic mass is 19.4. The Labute approximate surface area is 89.9 Å². The summed E-state index contributed by atoms with van der Waals surface area (Å²) < 4.78 is 67.4. The Bertz CT molecular complexity index is 325. The Hall–Kier alpha value is -1.33. The van der Waals surface area contributed by atoms with Crippen LogP contribution in [-0.2, 0) is 4.74 Å². The smallest absolute Gasteiger partial charge is 0.419 e. The molecule has 0 fully saturated rings. The van der Waals surface area contributed by atoms with Gasteiger partial charge in [0, 0.05) is 6.42 Å². The summed E-state index contributed by atoms with van der Waals surface area (Å²) in [6.07, 6.45) is -4.93. The van der Waals surface area contributed by atoms with Crippen molar-refractivity contribution in [2.24, 2.45) is 0 Å². The van der Waals surface area contributed by atoms with Crippen LogP contribution in [0.1, 0.15) is 13.3 Å². The summed E-state index contributed by atoms with van der Waals surface area (Å²) >= 11 is 0. The van der Waals surface area contributed by atoms with Crippen molar-refractivity contribution in [3.63, 3.8) is 0 Å². The first-order chi connectivity index (χ1) is 7.29. The standard InChI is InChI=1S/C10H11F5O/c1-4-6(10(13,14)15)8(12)9(16-3)7(11)5-2/h4H,1,5H2,2-3H3/b8-6-,9-7-. The van der Waals surface area contributed by atoms with Crippen molar-refractivity contribution in [1.29, 1.82) is 0 Å². The van der Waals surface area contributed by atoms with Crippen molar-refractivity contribution in [3.8, 4) is 0 Å². The molecule has 1 nitrogen and oxygen atoms in total. The van der Waals surface area contributed by atoms with Gasteiger partial charge in [-0.2, -0.15) is 13.2 Å². The second-order valence-electron chi connectivity index (χ2n) is 2.72. The molecule has 16 heavy (non-hydrogen) atoms. The van der Waals surface area contributed by atoms with Gasteiger partial charge in [0.2, 0.25) is 0 Å². The monoisotopic (exact) mass is 242 g/mol.